The number of nitrogens with one attached hydrogen (secondary N) is 1. The second kappa shape index (κ2) is 12.8. The Balaban J connectivity index is 1.98. The van der Waals surface area contributed by atoms with Crippen LogP contribution in [0.3, 0.4) is 0 Å². The van der Waals surface area contributed by atoms with E-state index in [1.165, 1.54) is 26.4 Å². The molecule has 0 aromatic rings. The predicted octanol–water partition coefficient (Wildman–Crippen LogP) is 4.21. The smallest absolute Gasteiger partial charge is 0.320 e. The number of ether oxygens (including phenoxy) is 2. The van der Waals surface area contributed by atoms with Crippen molar-refractivity contribution in [2.45, 2.75) is 97.2 Å². The molecule has 7 nitrogen and oxygen atoms in total. The van der Waals surface area contributed by atoms with E-state index in [0.717, 1.165) is 37.8 Å². The number of piperidine rings is 1. The van der Waals surface area contributed by atoms with Crippen molar-refractivity contribution in [1.82, 2.24) is 10.2 Å². The van der Waals surface area contributed by atoms with Gasteiger partial charge in [-0.15, -0.1) is 6.42 Å². The standard InChI is InChI=1S/C29H44N2O5/c1-6-8-9-10-11-12-16-31-24-18-23(20(3)4)36-26(21-13-14-21)29(24,28(34)35-5)19-22(27(31)33)17-25(32)30-15-7-2/h2,18,20-23,26H,6,8-17,19H2,1,3-5H3,(H,30,32)/t22-,23+,26+,29+/m0/s1. The maximum absolute atomic E-state index is 13.8. The summed E-state index contributed by atoms with van der Waals surface area (Å²) in [6.07, 6.45) is 15.5. The summed E-state index contributed by atoms with van der Waals surface area (Å²) in [5, 5.41) is 2.68. The Kier molecular flexibility index (Phi) is 10.0. The molecule has 0 bridgehead atoms. The highest BCUT2D eigenvalue weighted by atomic mass is 16.5. The van der Waals surface area contributed by atoms with Gasteiger partial charge < -0.3 is 19.7 Å². The van der Waals surface area contributed by atoms with Gasteiger partial charge in [0.25, 0.3) is 0 Å². The van der Waals surface area contributed by atoms with E-state index in [1.807, 2.05) is 6.08 Å². The molecule has 1 saturated heterocycles. The number of fused-ring (bicyclic) bond motifs is 1. The predicted molar refractivity (Wildman–Crippen MR) is 138 cm³/mol. The van der Waals surface area contributed by atoms with Crippen molar-refractivity contribution in [3.63, 3.8) is 0 Å². The van der Waals surface area contributed by atoms with Gasteiger partial charge in [0.1, 0.15) is 5.41 Å². The Morgan fingerprint density at radius 3 is 2.56 bits per heavy atom. The Bertz CT molecular complexity index is 871. The summed E-state index contributed by atoms with van der Waals surface area (Å²) in [5.41, 5.74) is -0.357. The molecule has 0 aromatic carbocycles. The van der Waals surface area contributed by atoms with E-state index in [2.05, 4.69) is 32.0 Å². The van der Waals surface area contributed by atoms with E-state index < -0.39 is 11.3 Å². The number of amides is 2. The van der Waals surface area contributed by atoms with Gasteiger partial charge in [-0.25, -0.2) is 0 Å². The SMILES string of the molecule is C#CCNC(=O)C[C@H]1C[C@@]2(C(=O)OC)C(=C[C@H](C(C)C)O[C@@H]2C2CC2)N(CCCCCCCC)C1=O. The van der Waals surface area contributed by atoms with E-state index in [9.17, 15) is 14.4 Å². The normalized spacial score (nSPS) is 27.8. The van der Waals surface area contributed by atoms with Crippen LogP contribution in [0.15, 0.2) is 11.8 Å². The molecular formula is C29H44N2O5. The first-order chi connectivity index (χ1) is 17.3. The number of likely N-dealkylation sites (tertiary alicyclic amines) is 1. The average molecular weight is 501 g/mol. The topological polar surface area (TPSA) is 84.9 Å². The number of rotatable bonds is 13. The third kappa shape index (κ3) is 6.14. The minimum absolute atomic E-state index is 0.00939. The van der Waals surface area contributed by atoms with Gasteiger partial charge in [0.15, 0.2) is 0 Å². The fraction of sp³-hybridized carbons (Fsp3) is 0.759. The van der Waals surface area contributed by atoms with Crippen molar-refractivity contribution in [2.75, 3.05) is 20.2 Å². The number of hydrogen-bond acceptors (Lipinski definition) is 5. The molecule has 200 valence electrons. The molecule has 0 spiro atoms. The number of nitrogens with zero attached hydrogens (tertiary/aromatic N) is 1. The van der Waals surface area contributed by atoms with Crippen LogP contribution in [0, 0.1) is 35.5 Å². The molecule has 1 N–H and O–H groups in total. The van der Waals surface area contributed by atoms with E-state index in [-0.39, 0.29) is 61.2 Å². The molecule has 0 aromatic heterocycles. The first kappa shape index (κ1) is 28.2. The van der Waals surface area contributed by atoms with Gasteiger partial charge in [0.2, 0.25) is 11.8 Å². The van der Waals surface area contributed by atoms with Crippen LogP contribution in [0.25, 0.3) is 0 Å². The Morgan fingerprint density at radius 1 is 1.25 bits per heavy atom. The molecule has 0 unspecified atom stereocenters. The molecule has 2 heterocycles. The minimum Gasteiger partial charge on any atom is -0.468 e. The largest absolute Gasteiger partial charge is 0.468 e. The van der Waals surface area contributed by atoms with Crippen molar-refractivity contribution in [2.24, 2.45) is 23.2 Å². The van der Waals surface area contributed by atoms with Crippen molar-refractivity contribution >= 4 is 17.8 Å². The number of carbonyl (C=O) groups excluding carboxylic acids is 3. The summed E-state index contributed by atoms with van der Waals surface area (Å²) in [4.78, 5) is 41.9. The molecule has 1 aliphatic carbocycles. The fourth-order valence-electron chi connectivity index (χ4n) is 5.78. The van der Waals surface area contributed by atoms with Gasteiger partial charge in [0.05, 0.1) is 25.9 Å². The number of methoxy groups -OCH3 is 1. The van der Waals surface area contributed by atoms with Crippen molar-refractivity contribution in [1.29, 1.82) is 0 Å². The zero-order valence-corrected chi connectivity index (χ0v) is 22.5. The van der Waals surface area contributed by atoms with Gasteiger partial charge in [-0.3, -0.25) is 14.4 Å². The van der Waals surface area contributed by atoms with Crippen molar-refractivity contribution in [3.05, 3.63) is 11.8 Å². The van der Waals surface area contributed by atoms with Crippen molar-refractivity contribution < 1.29 is 23.9 Å². The summed E-state index contributed by atoms with van der Waals surface area (Å²) in [7, 11) is 1.40. The van der Waals surface area contributed by atoms with E-state index in [4.69, 9.17) is 15.9 Å². The second-order valence-corrected chi connectivity index (χ2v) is 11.0. The molecule has 2 amide bonds. The van der Waals surface area contributed by atoms with Crippen molar-refractivity contribution in [3.8, 4) is 12.3 Å². The lowest BCUT2D eigenvalue weighted by atomic mass is 9.64. The van der Waals surface area contributed by atoms with Crippen LogP contribution in [-0.4, -0.2) is 55.1 Å². The Hall–Kier alpha value is -2.33. The number of hydrogen-bond donors (Lipinski definition) is 1. The third-order valence-corrected chi connectivity index (χ3v) is 7.85. The lowest BCUT2D eigenvalue weighted by molar-refractivity contribution is -0.182. The third-order valence-electron chi connectivity index (χ3n) is 7.85. The van der Waals surface area contributed by atoms with Gasteiger partial charge in [0, 0.05) is 24.6 Å². The number of unbranched alkanes of at least 4 members (excludes halogenated alkanes) is 5. The van der Waals surface area contributed by atoms with Gasteiger partial charge in [-0.1, -0.05) is 58.8 Å². The molecule has 2 aliphatic heterocycles. The molecule has 36 heavy (non-hydrogen) atoms. The van der Waals surface area contributed by atoms with Crippen LogP contribution in [0.2, 0.25) is 0 Å². The highest BCUT2D eigenvalue weighted by Crippen LogP contribution is 2.56. The Labute approximate surface area is 216 Å². The maximum atomic E-state index is 13.8. The number of esters is 1. The molecule has 3 aliphatic rings. The lowest BCUT2D eigenvalue weighted by Gasteiger charge is -2.53. The molecule has 0 radical (unpaired) electrons. The zero-order chi connectivity index (χ0) is 26.3. The summed E-state index contributed by atoms with van der Waals surface area (Å²) < 4.78 is 12.0. The highest BCUT2D eigenvalue weighted by Gasteiger charge is 2.63. The maximum Gasteiger partial charge on any atom is 0.320 e. The molecular weight excluding hydrogens is 456 g/mol. The first-order valence-electron chi connectivity index (χ1n) is 13.8. The summed E-state index contributed by atoms with van der Waals surface area (Å²) in [6, 6.07) is 0. The van der Waals surface area contributed by atoms with Crippen LogP contribution >= 0.6 is 0 Å². The average Bonchev–Trinajstić information content (AvgIpc) is 3.70. The quantitative estimate of drug-likeness (QED) is 0.233. The Morgan fingerprint density at radius 2 is 1.94 bits per heavy atom. The molecule has 1 saturated carbocycles. The molecule has 2 fully saturated rings. The number of terminal acetylenes is 1. The van der Waals surface area contributed by atoms with Crippen LogP contribution in [0.4, 0.5) is 0 Å². The zero-order valence-electron chi connectivity index (χ0n) is 22.5. The van der Waals surface area contributed by atoms with Gasteiger partial charge >= 0.3 is 5.97 Å². The van der Waals surface area contributed by atoms with E-state index in [0.29, 0.717) is 6.54 Å². The van der Waals surface area contributed by atoms with Crippen LogP contribution < -0.4 is 5.32 Å². The van der Waals surface area contributed by atoms with Gasteiger partial charge in [-0.05, 0) is 43.6 Å². The van der Waals surface area contributed by atoms with Gasteiger partial charge in [-0.2, -0.15) is 0 Å². The summed E-state index contributed by atoms with van der Waals surface area (Å²) in [6.45, 7) is 7.02. The van der Waals surface area contributed by atoms with Crippen LogP contribution in [-0.2, 0) is 23.9 Å². The van der Waals surface area contributed by atoms with Crippen LogP contribution in [0.1, 0.15) is 85.0 Å². The lowest BCUT2D eigenvalue weighted by Crippen LogP contribution is -2.62. The number of carbonyl (C=O) groups is 3. The van der Waals surface area contributed by atoms with E-state index in [1.54, 1.807) is 4.90 Å². The molecule has 7 heteroatoms. The first-order valence-corrected chi connectivity index (χ1v) is 13.8. The minimum atomic E-state index is -1.09. The van der Waals surface area contributed by atoms with E-state index >= 15 is 0 Å². The molecule has 3 rings (SSSR count). The summed E-state index contributed by atoms with van der Waals surface area (Å²) >= 11 is 0. The summed E-state index contributed by atoms with van der Waals surface area (Å²) in [5.74, 6) is 1.46. The fourth-order valence-corrected chi connectivity index (χ4v) is 5.78. The van der Waals surface area contributed by atoms with Crippen LogP contribution in [0.5, 0.6) is 0 Å². The monoisotopic (exact) mass is 500 g/mol. The second-order valence-electron chi connectivity index (χ2n) is 11.0. The highest BCUT2D eigenvalue weighted by molar-refractivity contribution is 5.92. The molecule has 4 atom stereocenters.